The second kappa shape index (κ2) is 12.0. The Hall–Kier alpha value is -1.67. The van der Waals surface area contributed by atoms with Gasteiger partial charge in [-0.3, -0.25) is 14.7 Å². The number of nitro groups is 1. The number of nitrogens with zero attached hydrogens (tertiary/aromatic N) is 1. The molecule has 1 aromatic rings. The van der Waals surface area contributed by atoms with Crippen LogP contribution in [0.2, 0.25) is 0 Å². The van der Waals surface area contributed by atoms with Crippen LogP contribution in [0.25, 0.3) is 0 Å². The molecule has 32 heavy (non-hydrogen) atoms. The summed E-state index contributed by atoms with van der Waals surface area (Å²) in [6.45, 7) is -0.872. The van der Waals surface area contributed by atoms with Crippen LogP contribution >= 0.6 is 7.82 Å². The molecule has 3 rings (SSSR count). The van der Waals surface area contributed by atoms with Gasteiger partial charge in [0.05, 0.1) is 17.6 Å². The number of quaternary nitrogens is 1. The zero-order valence-electron chi connectivity index (χ0n) is 17.3. The molecule has 1 unspecified atom stereocenters. The van der Waals surface area contributed by atoms with Crippen molar-refractivity contribution in [2.75, 3.05) is 6.61 Å². The van der Waals surface area contributed by atoms with Gasteiger partial charge in [-0.25, -0.2) is 0 Å². The molecule has 2 fully saturated rings. The van der Waals surface area contributed by atoms with Gasteiger partial charge in [0.15, 0.2) is 6.29 Å². The molecule has 1 aliphatic heterocycles. The lowest BCUT2D eigenvalue weighted by Crippen LogP contribution is -2.61. The van der Waals surface area contributed by atoms with Gasteiger partial charge in [-0.15, -0.1) is 0 Å². The van der Waals surface area contributed by atoms with Gasteiger partial charge in [0.1, 0.15) is 24.4 Å². The number of nitro benzene ring substituents is 1. The summed E-state index contributed by atoms with van der Waals surface area (Å²) in [5.41, 5.74) is 3.39. The van der Waals surface area contributed by atoms with Gasteiger partial charge in [-0.1, -0.05) is 18.6 Å². The Labute approximate surface area is 184 Å². The lowest BCUT2D eigenvalue weighted by molar-refractivity contribution is -0.425. The van der Waals surface area contributed by atoms with Gasteiger partial charge in [-0.05, 0) is 31.7 Å². The fraction of sp³-hybridized carbons (Fsp3) is 0.667. The molecular formula is C18H29N2O11P. The minimum absolute atomic E-state index is 0.577. The normalized spacial score (nSPS) is 30.5. The minimum Gasteiger partial charge on any atom is -0.746 e. The van der Waals surface area contributed by atoms with E-state index in [0.717, 1.165) is 18.2 Å². The van der Waals surface area contributed by atoms with Crippen molar-refractivity contribution in [1.29, 1.82) is 0 Å². The van der Waals surface area contributed by atoms with Gasteiger partial charge in [-0.2, -0.15) is 0 Å². The van der Waals surface area contributed by atoms with E-state index in [1.54, 1.807) is 0 Å². The summed E-state index contributed by atoms with van der Waals surface area (Å²) < 4.78 is 25.5. The van der Waals surface area contributed by atoms with Crippen LogP contribution in [0, 0.1) is 10.1 Å². The number of phosphoric acid groups is 1. The molecule has 0 spiro atoms. The number of aliphatic hydroxyl groups is 4. The molecule has 1 heterocycles. The standard InChI is InChI=1S/C12H16NO11P.C6H13N/c14-9-8(23-12(17)11(16)10(9)15)5-22-25(20,21)24-7-4-2-1-3-6(7)13(18)19;7-6-4-2-1-3-5-6/h1-4,8-12,14-17H,5H2,(H,20,21);6H,1-5,7H2/t8-,9+,10+,11-,12-;/m0./s1. The maximum Gasteiger partial charge on any atom is 0.320 e. The zero-order chi connectivity index (χ0) is 23.9. The van der Waals surface area contributed by atoms with Gasteiger partial charge < -0.3 is 44.8 Å². The fourth-order valence-electron chi connectivity index (χ4n) is 3.25. The molecule has 0 aromatic heterocycles. The number of hydrogen-bond donors (Lipinski definition) is 5. The summed E-state index contributed by atoms with van der Waals surface area (Å²) in [4.78, 5) is 21.8. The maximum absolute atomic E-state index is 11.8. The largest absolute Gasteiger partial charge is 0.746 e. The average molecular weight is 480 g/mol. The number of para-hydroxylation sites is 2. The summed E-state index contributed by atoms with van der Waals surface area (Å²) in [5.74, 6) is -0.577. The number of phosphoric ester groups is 1. The molecule has 1 aliphatic carbocycles. The summed E-state index contributed by atoms with van der Waals surface area (Å²) in [7, 11) is -5.10. The summed E-state index contributed by atoms with van der Waals surface area (Å²) in [6.07, 6.45) is -1.63. The average Bonchev–Trinajstić information content (AvgIpc) is 2.75. The van der Waals surface area contributed by atoms with E-state index in [0.29, 0.717) is 0 Å². The molecule has 182 valence electrons. The van der Waals surface area contributed by atoms with Crippen LogP contribution in [0.5, 0.6) is 5.75 Å². The van der Waals surface area contributed by atoms with Crippen LogP contribution in [-0.4, -0.2) is 68.7 Å². The number of aliphatic hydroxyl groups excluding tert-OH is 4. The number of ether oxygens (including phenoxy) is 1. The predicted octanol–water partition coefficient (Wildman–Crippen LogP) is -1.18. The van der Waals surface area contributed by atoms with Gasteiger partial charge in [0.25, 0.3) is 0 Å². The van der Waals surface area contributed by atoms with Crippen LogP contribution in [0.4, 0.5) is 5.69 Å². The second-order valence-corrected chi connectivity index (χ2v) is 8.94. The molecule has 0 amide bonds. The van der Waals surface area contributed by atoms with Gasteiger partial charge in [0.2, 0.25) is 5.75 Å². The molecule has 6 atom stereocenters. The first-order chi connectivity index (χ1) is 15.0. The van der Waals surface area contributed by atoms with Crippen molar-refractivity contribution in [3.63, 3.8) is 0 Å². The Bertz CT molecular complexity index is 792. The summed E-state index contributed by atoms with van der Waals surface area (Å²) in [5, 5.41) is 48.7. The van der Waals surface area contributed by atoms with E-state index in [-0.39, 0.29) is 0 Å². The molecule has 14 heteroatoms. The monoisotopic (exact) mass is 480 g/mol. The van der Waals surface area contributed by atoms with Crippen LogP contribution in [0.15, 0.2) is 24.3 Å². The highest BCUT2D eigenvalue weighted by molar-refractivity contribution is 7.46. The lowest BCUT2D eigenvalue weighted by Gasteiger charge is -2.38. The first-order valence-corrected chi connectivity index (χ1v) is 11.6. The first kappa shape index (κ1) is 26.6. The Morgan fingerprint density at radius 3 is 2.28 bits per heavy atom. The van der Waals surface area contributed by atoms with Crippen molar-refractivity contribution >= 4 is 13.5 Å². The molecular weight excluding hydrogens is 451 g/mol. The predicted molar refractivity (Wildman–Crippen MR) is 106 cm³/mol. The second-order valence-electron chi connectivity index (χ2n) is 7.60. The zero-order valence-corrected chi connectivity index (χ0v) is 18.2. The smallest absolute Gasteiger partial charge is 0.320 e. The Morgan fingerprint density at radius 2 is 1.72 bits per heavy atom. The van der Waals surface area contributed by atoms with Crippen molar-refractivity contribution in [1.82, 2.24) is 0 Å². The van der Waals surface area contributed by atoms with E-state index in [1.807, 2.05) is 0 Å². The van der Waals surface area contributed by atoms with Crippen LogP contribution in [-0.2, 0) is 13.8 Å². The van der Waals surface area contributed by atoms with Crippen molar-refractivity contribution in [2.45, 2.75) is 68.9 Å². The molecule has 2 aliphatic rings. The van der Waals surface area contributed by atoms with Crippen LogP contribution in [0.1, 0.15) is 32.1 Å². The van der Waals surface area contributed by atoms with E-state index in [2.05, 4.69) is 14.8 Å². The lowest BCUT2D eigenvalue weighted by atomic mass is 9.97. The first-order valence-electron chi connectivity index (χ1n) is 10.1. The van der Waals surface area contributed by atoms with Crippen molar-refractivity contribution in [2.24, 2.45) is 0 Å². The molecule has 7 N–H and O–H groups in total. The Kier molecular flexibility index (Phi) is 9.95. The SMILES string of the molecule is O=[N+]([O-])c1ccccc1OP(=O)([O-])OC[C@@H]1O[C@H](O)[C@@H](O)[C@H](O)[C@@H]1O.[NH3+]C1CCCCC1. The topological polar surface area (TPSA) is 220 Å². The highest BCUT2D eigenvalue weighted by Gasteiger charge is 2.43. The van der Waals surface area contributed by atoms with Gasteiger partial charge in [0, 0.05) is 6.07 Å². The Morgan fingerprint density at radius 1 is 1.09 bits per heavy atom. The Balaban J connectivity index is 0.000000439. The molecule has 13 nitrogen and oxygen atoms in total. The van der Waals surface area contributed by atoms with E-state index in [1.165, 1.54) is 44.2 Å². The van der Waals surface area contributed by atoms with Crippen LogP contribution in [0.3, 0.4) is 0 Å². The fourth-order valence-corrected chi connectivity index (χ4v) is 4.03. The molecule has 0 radical (unpaired) electrons. The van der Waals surface area contributed by atoms with Gasteiger partial charge >= 0.3 is 13.5 Å². The van der Waals surface area contributed by atoms with Crippen molar-refractivity contribution < 1.29 is 54.3 Å². The number of hydrogen-bond acceptors (Lipinski definition) is 11. The van der Waals surface area contributed by atoms with Crippen molar-refractivity contribution in [3.8, 4) is 5.75 Å². The molecule has 1 saturated heterocycles. The van der Waals surface area contributed by atoms with Crippen molar-refractivity contribution in [3.05, 3.63) is 34.4 Å². The van der Waals surface area contributed by atoms with Crippen LogP contribution < -0.4 is 15.2 Å². The van der Waals surface area contributed by atoms with E-state index in [4.69, 9.17) is 4.74 Å². The highest BCUT2D eigenvalue weighted by atomic mass is 31.2. The molecule has 0 bridgehead atoms. The third kappa shape index (κ3) is 7.73. The third-order valence-corrected chi connectivity index (χ3v) is 5.97. The number of rotatable bonds is 6. The highest BCUT2D eigenvalue weighted by Crippen LogP contribution is 2.43. The maximum atomic E-state index is 11.8. The quantitative estimate of drug-likeness (QED) is 0.185. The van der Waals surface area contributed by atoms with E-state index >= 15 is 0 Å². The molecule has 1 saturated carbocycles. The minimum atomic E-state index is -5.10. The summed E-state index contributed by atoms with van der Waals surface area (Å²) in [6, 6.07) is 5.47. The molecule has 1 aromatic carbocycles. The number of benzene rings is 1. The third-order valence-electron chi connectivity index (χ3n) is 5.08. The van der Waals surface area contributed by atoms with E-state index < -0.39 is 61.5 Å². The summed E-state index contributed by atoms with van der Waals surface area (Å²) >= 11 is 0. The van der Waals surface area contributed by atoms with E-state index in [9.17, 15) is 40.0 Å².